The molecule has 1 atom stereocenters. The summed E-state index contributed by atoms with van der Waals surface area (Å²) in [6, 6.07) is 29.1. The minimum Gasteiger partial charge on any atom is -0.338 e. The molecule has 0 spiro atoms. The third kappa shape index (κ3) is 6.01. The van der Waals surface area contributed by atoms with Crippen molar-refractivity contribution >= 4 is 17.5 Å². The first-order valence-corrected chi connectivity index (χ1v) is 13.3. The zero-order valence-electron chi connectivity index (χ0n) is 23.1. The monoisotopic (exact) mass is 545 g/mol. The summed E-state index contributed by atoms with van der Waals surface area (Å²) < 4.78 is 3.02. The molecule has 2 amide bonds. The summed E-state index contributed by atoms with van der Waals surface area (Å²) in [5.41, 5.74) is 5.37. The number of nitrogens with zero attached hydrogens (tertiary/aromatic N) is 3. The zero-order valence-corrected chi connectivity index (χ0v) is 23.1. The number of nitrogens with one attached hydrogen (secondary N) is 2. The lowest BCUT2D eigenvalue weighted by molar-refractivity contribution is -0.118. The van der Waals surface area contributed by atoms with E-state index in [4.69, 9.17) is 0 Å². The van der Waals surface area contributed by atoms with Crippen LogP contribution in [0.1, 0.15) is 33.1 Å². The van der Waals surface area contributed by atoms with Crippen LogP contribution >= 0.6 is 0 Å². The van der Waals surface area contributed by atoms with Crippen LogP contribution in [0.25, 0.3) is 11.1 Å². The van der Waals surface area contributed by atoms with Crippen LogP contribution in [0.4, 0.5) is 5.69 Å². The molecule has 2 aromatic heterocycles. The number of hydrogen-bond donors (Lipinski definition) is 2. The van der Waals surface area contributed by atoms with Gasteiger partial charge < -0.3 is 15.2 Å². The highest BCUT2D eigenvalue weighted by molar-refractivity contribution is 6.01. The highest BCUT2D eigenvalue weighted by Crippen LogP contribution is 2.30. The van der Waals surface area contributed by atoms with Crippen LogP contribution in [0.15, 0.2) is 114 Å². The molecule has 1 unspecified atom stereocenters. The quantitative estimate of drug-likeness (QED) is 0.296. The summed E-state index contributed by atoms with van der Waals surface area (Å²) in [5, 5.41) is 10.1. The predicted octanol–water partition coefficient (Wildman–Crippen LogP) is 4.66. The molecule has 41 heavy (non-hydrogen) atoms. The maximum atomic E-state index is 14.0. The van der Waals surface area contributed by atoms with E-state index in [2.05, 4.69) is 15.7 Å². The number of benzene rings is 3. The van der Waals surface area contributed by atoms with E-state index in [0.717, 1.165) is 27.8 Å². The SMILES string of the molecule is Cc1cc(=O)n(C)cc1-c1ccc(NC(=O)C(NC(=O)c2ccnn2C)C(c2ccccc2)c2ccccc2)cc1. The van der Waals surface area contributed by atoms with E-state index in [0.29, 0.717) is 11.4 Å². The summed E-state index contributed by atoms with van der Waals surface area (Å²) in [6.45, 7) is 1.90. The molecule has 0 fully saturated rings. The van der Waals surface area contributed by atoms with Gasteiger partial charge in [-0.1, -0.05) is 72.8 Å². The van der Waals surface area contributed by atoms with E-state index in [-0.39, 0.29) is 11.5 Å². The lowest BCUT2D eigenvalue weighted by atomic mass is 9.84. The Morgan fingerprint density at radius 1 is 0.829 bits per heavy atom. The van der Waals surface area contributed by atoms with Gasteiger partial charge >= 0.3 is 0 Å². The summed E-state index contributed by atoms with van der Waals surface area (Å²) in [7, 11) is 3.40. The van der Waals surface area contributed by atoms with Crippen LogP contribution in [-0.4, -0.2) is 32.2 Å². The van der Waals surface area contributed by atoms with Crippen LogP contribution in [-0.2, 0) is 18.9 Å². The zero-order chi connectivity index (χ0) is 28.9. The van der Waals surface area contributed by atoms with Gasteiger partial charge in [0, 0.05) is 49.7 Å². The first-order chi connectivity index (χ1) is 19.8. The van der Waals surface area contributed by atoms with Gasteiger partial charge in [0.2, 0.25) is 5.91 Å². The molecule has 5 rings (SSSR count). The molecule has 206 valence electrons. The molecule has 2 N–H and O–H groups in total. The highest BCUT2D eigenvalue weighted by atomic mass is 16.2. The molecule has 0 aliphatic rings. The average molecular weight is 546 g/mol. The first kappa shape index (κ1) is 27.3. The molecule has 0 aliphatic heterocycles. The molecule has 5 aromatic rings. The maximum absolute atomic E-state index is 14.0. The number of aryl methyl sites for hydroxylation is 3. The molecule has 8 heteroatoms. The standard InChI is InChI=1S/C33H31N5O3/c1-22-20-29(39)37(2)21-27(22)23-14-16-26(17-15-23)35-33(41)31(36-32(40)28-18-19-34-38(28)3)30(24-10-6-4-7-11-24)25-12-8-5-9-13-25/h4-21,30-31H,1-3H3,(H,35,41)(H,36,40). The van der Waals surface area contributed by atoms with Crippen LogP contribution in [0.5, 0.6) is 0 Å². The molecule has 2 heterocycles. The van der Waals surface area contributed by atoms with Crippen molar-refractivity contribution in [1.82, 2.24) is 19.7 Å². The third-order valence-corrected chi connectivity index (χ3v) is 7.17. The number of carbonyl (C=O) groups is 2. The van der Waals surface area contributed by atoms with E-state index >= 15 is 0 Å². The second-order valence-electron chi connectivity index (χ2n) is 9.98. The maximum Gasteiger partial charge on any atom is 0.270 e. The van der Waals surface area contributed by atoms with Gasteiger partial charge in [-0.15, -0.1) is 0 Å². The Bertz CT molecular complexity index is 1690. The van der Waals surface area contributed by atoms with Crippen molar-refractivity contribution in [3.8, 4) is 11.1 Å². The van der Waals surface area contributed by atoms with Crippen molar-refractivity contribution in [3.05, 3.63) is 142 Å². The molecular formula is C33H31N5O3. The van der Waals surface area contributed by atoms with Crippen LogP contribution < -0.4 is 16.2 Å². The highest BCUT2D eigenvalue weighted by Gasteiger charge is 2.33. The van der Waals surface area contributed by atoms with E-state index in [1.165, 1.54) is 4.68 Å². The van der Waals surface area contributed by atoms with Gasteiger partial charge in [0.15, 0.2) is 0 Å². The minimum atomic E-state index is -0.937. The molecule has 0 radical (unpaired) electrons. The molecular weight excluding hydrogens is 514 g/mol. The number of aromatic nitrogens is 3. The Balaban J connectivity index is 1.49. The Morgan fingerprint density at radius 3 is 2.00 bits per heavy atom. The van der Waals surface area contributed by atoms with Crippen molar-refractivity contribution in [3.63, 3.8) is 0 Å². The molecule has 3 aromatic carbocycles. The van der Waals surface area contributed by atoms with Gasteiger partial charge in [-0.3, -0.25) is 19.1 Å². The van der Waals surface area contributed by atoms with Gasteiger partial charge in [-0.25, -0.2) is 0 Å². The van der Waals surface area contributed by atoms with E-state index in [9.17, 15) is 14.4 Å². The Hall–Kier alpha value is -5.24. The van der Waals surface area contributed by atoms with E-state index in [1.807, 2.05) is 91.9 Å². The topological polar surface area (TPSA) is 98.0 Å². The average Bonchev–Trinajstić information content (AvgIpc) is 3.42. The van der Waals surface area contributed by atoms with Gasteiger partial charge in [-0.05, 0) is 47.4 Å². The van der Waals surface area contributed by atoms with E-state index < -0.39 is 17.9 Å². The van der Waals surface area contributed by atoms with Crippen LogP contribution in [0, 0.1) is 6.92 Å². The number of hydrogen-bond acceptors (Lipinski definition) is 4. The lowest BCUT2D eigenvalue weighted by Crippen LogP contribution is -2.48. The number of rotatable bonds is 8. The smallest absolute Gasteiger partial charge is 0.270 e. The minimum absolute atomic E-state index is 0.0688. The van der Waals surface area contributed by atoms with Crippen molar-refractivity contribution in [2.24, 2.45) is 14.1 Å². The second kappa shape index (κ2) is 11.9. The Labute approximate surface area is 238 Å². The fourth-order valence-corrected chi connectivity index (χ4v) is 4.99. The number of anilines is 1. The summed E-state index contributed by atoms with van der Waals surface area (Å²) >= 11 is 0. The molecule has 0 bridgehead atoms. The number of amides is 2. The predicted molar refractivity (Wildman–Crippen MR) is 160 cm³/mol. The van der Waals surface area contributed by atoms with E-state index in [1.54, 1.807) is 43.2 Å². The van der Waals surface area contributed by atoms with Crippen molar-refractivity contribution in [2.45, 2.75) is 18.9 Å². The summed E-state index contributed by atoms with van der Waals surface area (Å²) in [5.74, 6) is -1.21. The van der Waals surface area contributed by atoms with Crippen LogP contribution in [0.3, 0.4) is 0 Å². The van der Waals surface area contributed by atoms with Gasteiger partial charge in [-0.2, -0.15) is 5.10 Å². The van der Waals surface area contributed by atoms with Crippen molar-refractivity contribution < 1.29 is 9.59 Å². The Kier molecular flexibility index (Phi) is 7.92. The lowest BCUT2D eigenvalue weighted by Gasteiger charge is -2.28. The van der Waals surface area contributed by atoms with Gasteiger partial charge in [0.1, 0.15) is 11.7 Å². The number of pyridine rings is 1. The molecule has 0 saturated carbocycles. The molecule has 0 aliphatic carbocycles. The summed E-state index contributed by atoms with van der Waals surface area (Å²) in [4.78, 5) is 39.3. The Morgan fingerprint density at radius 2 is 1.44 bits per heavy atom. The normalized spacial score (nSPS) is 11.7. The fourth-order valence-electron chi connectivity index (χ4n) is 4.99. The fraction of sp³-hybridized carbons (Fsp3) is 0.152. The second-order valence-corrected chi connectivity index (χ2v) is 9.98. The third-order valence-electron chi connectivity index (χ3n) is 7.17. The van der Waals surface area contributed by atoms with Crippen LogP contribution in [0.2, 0.25) is 0 Å². The first-order valence-electron chi connectivity index (χ1n) is 13.3. The molecule has 0 saturated heterocycles. The number of carbonyl (C=O) groups excluding carboxylic acids is 2. The van der Waals surface area contributed by atoms with Crippen molar-refractivity contribution in [1.29, 1.82) is 0 Å². The van der Waals surface area contributed by atoms with Gasteiger partial charge in [0.25, 0.3) is 11.5 Å². The molecule has 8 nitrogen and oxygen atoms in total. The van der Waals surface area contributed by atoms with Crippen molar-refractivity contribution in [2.75, 3.05) is 5.32 Å². The summed E-state index contributed by atoms with van der Waals surface area (Å²) in [6.07, 6.45) is 3.35. The van der Waals surface area contributed by atoms with Gasteiger partial charge in [0.05, 0.1) is 0 Å². The largest absolute Gasteiger partial charge is 0.338 e.